The Labute approximate surface area is 116 Å². The van der Waals surface area contributed by atoms with Crippen LogP contribution in [0.2, 0.25) is 0 Å². The minimum atomic E-state index is 0.249. The number of benzene rings is 1. The van der Waals surface area contributed by atoms with E-state index in [1.807, 2.05) is 25.1 Å². The van der Waals surface area contributed by atoms with Gasteiger partial charge in [-0.2, -0.15) is 0 Å². The maximum atomic E-state index is 6.02. The number of aromatic nitrogens is 2. The number of nitrogens with zero attached hydrogens (tertiary/aromatic N) is 2. The maximum absolute atomic E-state index is 6.02. The second-order valence-electron chi connectivity index (χ2n) is 4.21. The molecule has 0 radical (unpaired) electrons. The van der Waals surface area contributed by atoms with Gasteiger partial charge in [0.2, 0.25) is 6.79 Å². The van der Waals surface area contributed by atoms with Crippen LogP contribution >= 0.6 is 0 Å². The molecule has 0 fully saturated rings. The molecule has 0 amide bonds. The molecule has 2 aromatic rings. The number of nitrogens with two attached hydrogens (primary N) is 1. The molecule has 20 heavy (non-hydrogen) atoms. The standard InChI is InChI=1S/C13H15N5O2/c1-2-15-12-11(14)13(17-6-16-12)18-8-3-4-9-10(5-8)20-7-19-9/h3-6H,2,7,14H2,1H3,(H2,15,16,17,18). The largest absolute Gasteiger partial charge is 0.454 e. The summed E-state index contributed by atoms with van der Waals surface area (Å²) in [6, 6.07) is 5.56. The van der Waals surface area contributed by atoms with Crippen LogP contribution in [0.25, 0.3) is 0 Å². The summed E-state index contributed by atoms with van der Waals surface area (Å²) in [7, 11) is 0. The lowest BCUT2D eigenvalue weighted by atomic mass is 10.2. The predicted octanol–water partition coefficient (Wildman–Crippen LogP) is 1.96. The lowest BCUT2D eigenvalue weighted by Crippen LogP contribution is -2.07. The molecule has 104 valence electrons. The lowest BCUT2D eigenvalue weighted by molar-refractivity contribution is 0.174. The number of nitrogen functional groups attached to an aromatic ring is 1. The van der Waals surface area contributed by atoms with Crippen LogP contribution in [0.5, 0.6) is 11.5 Å². The van der Waals surface area contributed by atoms with Crippen LogP contribution in [0, 0.1) is 0 Å². The van der Waals surface area contributed by atoms with Gasteiger partial charge >= 0.3 is 0 Å². The number of rotatable bonds is 4. The third-order valence-corrected chi connectivity index (χ3v) is 2.86. The highest BCUT2D eigenvalue weighted by atomic mass is 16.7. The first kappa shape index (κ1) is 12.3. The number of anilines is 4. The summed E-state index contributed by atoms with van der Waals surface area (Å²) in [6.07, 6.45) is 1.46. The molecule has 1 aliphatic rings. The molecule has 0 unspecified atom stereocenters. The monoisotopic (exact) mass is 273 g/mol. The second kappa shape index (κ2) is 5.12. The van der Waals surface area contributed by atoms with Crippen molar-refractivity contribution in [2.75, 3.05) is 29.7 Å². The molecule has 0 saturated heterocycles. The molecule has 4 N–H and O–H groups in total. The van der Waals surface area contributed by atoms with Gasteiger partial charge in [0.15, 0.2) is 23.1 Å². The first-order chi connectivity index (χ1) is 9.78. The summed E-state index contributed by atoms with van der Waals surface area (Å²) in [5.74, 6) is 2.61. The summed E-state index contributed by atoms with van der Waals surface area (Å²) in [6.45, 7) is 2.97. The topological polar surface area (TPSA) is 94.3 Å². The van der Waals surface area contributed by atoms with Gasteiger partial charge in [0.1, 0.15) is 12.0 Å². The van der Waals surface area contributed by atoms with Crippen LogP contribution in [0.4, 0.5) is 23.0 Å². The highest BCUT2D eigenvalue weighted by molar-refractivity contribution is 5.78. The number of hydrogen-bond donors (Lipinski definition) is 3. The molecule has 1 aliphatic heterocycles. The molecule has 0 aliphatic carbocycles. The van der Waals surface area contributed by atoms with E-state index in [2.05, 4.69) is 20.6 Å². The average molecular weight is 273 g/mol. The van der Waals surface area contributed by atoms with Crippen molar-refractivity contribution in [2.45, 2.75) is 6.92 Å². The normalized spacial score (nSPS) is 12.2. The van der Waals surface area contributed by atoms with Crippen LogP contribution in [0.3, 0.4) is 0 Å². The van der Waals surface area contributed by atoms with Crippen LogP contribution in [0.15, 0.2) is 24.5 Å². The predicted molar refractivity (Wildman–Crippen MR) is 76.5 cm³/mol. The smallest absolute Gasteiger partial charge is 0.231 e. The van der Waals surface area contributed by atoms with Crippen LogP contribution in [0.1, 0.15) is 6.92 Å². The van der Waals surface area contributed by atoms with Crippen molar-refractivity contribution in [3.05, 3.63) is 24.5 Å². The van der Waals surface area contributed by atoms with E-state index < -0.39 is 0 Å². The summed E-state index contributed by atoms with van der Waals surface area (Å²) < 4.78 is 10.6. The minimum absolute atomic E-state index is 0.249. The van der Waals surface area contributed by atoms with Crippen LogP contribution < -0.4 is 25.8 Å². The van der Waals surface area contributed by atoms with Crippen molar-refractivity contribution < 1.29 is 9.47 Å². The summed E-state index contributed by atoms with van der Waals surface area (Å²) in [5.41, 5.74) is 7.32. The quantitative estimate of drug-likeness (QED) is 0.783. The van der Waals surface area contributed by atoms with E-state index in [1.165, 1.54) is 6.33 Å². The Morgan fingerprint density at radius 2 is 2.00 bits per heavy atom. The molecule has 7 nitrogen and oxygen atoms in total. The lowest BCUT2D eigenvalue weighted by Gasteiger charge is -2.11. The fourth-order valence-corrected chi connectivity index (χ4v) is 1.91. The SMILES string of the molecule is CCNc1ncnc(Nc2ccc3c(c2)OCO3)c1N. The van der Waals surface area contributed by atoms with Gasteiger partial charge in [0.25, 0.3) is 0 Å². The first-order valence-electron chi connectivity index (χ1n) is 6.29. The highest BCUT2D eigenvalue weighted by Gasteiger charge is 2.14. The van der Waals surface area contributed by atoms with Crippen molar-refractivity contribution in [1.29, 1.82) is 0 Å². The highest BCUT2D eigenvalue weighted by Crippen LogP contribution is 2.35. The molecule has 1 aromatic heterocycles. The van der Waals surface area contributed by atoms with E-state index in [4.69, 9.17) is 15.2 Å². The average Bonchev–Trinajstić information content (AvgIpc) is 2.91. The van der Waals surface area contributed by atoms with E-state index in [0.29, 0.717) is 23.1 Å². The van der Waals surface area contributed by atoms with E-state index in [-0.39, 0.29) is 6.79 Å². The third kappa shape index (κ3) is 2.25. The van der Waals surface area contributed by atoms with Crippen molar-refractivity contribution >= 4 is 23.0 Å². The van der Waals surface area contributed by atoms with Gasteiger partial charge in [-0.25, -0.2) is 9.97 Å². The zero-order valence-corrected chi connectivity index (χ0v) is 11.0. The van der Waals surface area contributed by atoms with Gasteiger partial charge in [-0.05, 0) is 19.1 Å². The van der Waals surface area contributed by atoms with Gasteiger partial charge in [0, 0.05) is 18.3 Å². The van der Waals surface area contributed by atoms with Crippen molar-refractivity contribution in [3.8, 4) is 11.5 Å². The van der Waals surface area contributed by atoms with Gasteiger partial charge in [-0.3, -0.25) is 0 Å². The molecule has 3 rings (SSSR count). The summed E-state index contributed by atoms with van der Waals surface area (Å²) >= 11 is 0. The van der Waals surface area contributed by atoms with Gasteiger partial charge in [-0.1, -0.05) is 0 Å². The maximum Gasteiger partial charge on any atom is 0.231 e. The Morgan fingerprint density at radius 3 is 2.85 bits per heavy atom. The van der Waals surface area contributed by atoms with E-state index in [9.17, 15) is 0 Å². The van der Waals surface area contributed by atoms with Gasteiger partial charge in [0.05, 0.1) is 0 Å². The molecule has 2 heterocycles. The Kier molecular flexibility index (Phi) is 3.16. The molecule has 0 bridgehead atoms. The van der Waals surface area contributed by atoms with Crippen LogP contribution in [-0.2, 0) is 0 Å². The van der Waals surface area contributed by atoms with Gasteiger partial charge in [-0.15, -0.1) is 0 Å². The van der Waals surface area contributed by atoms with Crippen LogP contribution in [-0.4, -0.2) is 23.3 Å². The Hall–Kier alpha value is -2.70. The molecular weight excluding hydrogens is 258 g/mol. The second-order valence-corrected chi connectivity index (χ2v) is 4.21. The number of hydrogen-bond acceptors (Lipinski definition) is 7. The number of nitrogens with one attached hydrogen (secondary N) is 2. The fraction of sp³-hybridized carbons (Fsp3) is 0.231. The van der Waals surface area contributed by atoms with E-state index >= 15 is 0 Å². The molecule has 0 saturated carbocycles. The molecule has 1 aromatic carbocycles. The van der Waals surface area contributed by atoms with Crippen molar-refractivity contribution in [2.24, 2.45) is 0 Å². The Bertz CT molecular complexity index is 632. The Balaban J connectivity index is 1.86. The fourth-order valence-electron chi connectivity index (χ4n) is 1.91. The zero-order valence-electron chi connectivity index (χ0n) is 11.0. The molecular formula is C13H15N5O2. The summed E-state index contributed by atoms with van der Waals surface area (Å²) in [4.78, 5) is 8.25. The van der Waals surface area contributed by atoms with E-state index in [1.54, 1.807) is 0 Å². The summed E-state index contributed by atoms with van der Waals surface area (Å²) in [5, 5.41) is 6.23. The Morgan fingerprint density at radius 1 is 1.20 bits per heavy atom. The van der Waals surface area contributed by atoms with Crippen molar-refractivity contribution in [1.82, 2.24) is 9.97 Å². The van der Waals surface area contributed by atoms with E-state index in [0.717, 1.165) is 18.0 Å². The molecule has 0 spiro atoms. The number of fused-ring (bicyclic) bond motifs is 1. The van der Waals surface area contributed by atoms with Crippen molar-refractivity contribution in [3.63, 3.8) is 0 Å². The molecule has 0 atom stereocenters. The number of ether oxygens (including phenoxy) is 2. The zero-order chi connectivity index (χ0) is 13.9. The first-order valence-corrected chi connectivity index (χ1v) is 6.29. The van der Waals surface area contributed by atoms with Gasteiger partial charge < -0.3 is 25.8 Å². The molecule has 7 heteroatoms. The third-order valence-electron chi connectivity index (χ3n) is 2.86. The minimum Gasteiger partial charge on any atom is -0.454 e.